The molecule has 0 fully saturated rings. The fourth-order valence-electron chi connectivity index (χ4n) is 3.99. The highest BCUT2D eigenvalue weighted by Gasteiger charge is 2.49. The predicted molar refractivity (Wildman–Crippen MR) is 115 cm³/mol. The highest BCUT2D eigenvalue weighted by Crippen LogP contribution is 2.40. The Morgan fingerprint density at radius 1 is 1.06 bits per heavy atom. The third-order valence-electron chi connectivity index (χ3n) is 5.56. The van der Waals surface area contributed by atoms with Crippen molar-refractivity contribution < 1.29 is 32.7 Å². The van der Waals surface area contributed by atoms with Crippen molar-refractivity contribution >= 4 is 23.4 Å². The molecule has 2 aromatic carbocycles. The molecule has 0 spiro atoms. The zero-order chi connectivity index (χ0) is 24.4. The smallest absolute Gasteiger partial charge is 0.372 e. The number of alkyl halides is 3. The predicted octanol–water partition coefficient (Wildman–Crippen LogP) is 3.14. The second-order valence-corrected chi connectivity index (χ2v) is 7.86. The number of anilines is 1. The monoisotopic (exact) mass is 463 g/mol. The van der Waals surface area contributed by atoms with Crippen LogP contribution in [0.1, 0.15) is 37.8 Å². The number of fused-ring (bicyclic) bond motifs is 3. The highest BCUT2D eigenvalue weighted by molar-refractivity contribution is 6.10. The molecule has 4 N–H and O–H groups in total. The molecule has 0 saturated carbocycles. The first-order valence-corrected chi connectivity index (χ1v) is 10.4. The van der Waals surface area contributed by atoms with Gasteiger partial charge in [-0.1, -0.05) is 55.8 Å². The number of hydrogen-bond donors (Lipinski definition) is 3. The Labute approximate surface area is 188 Å². The SMILES string of the molecule is CCCC(O)(C(N)=O)C(=O)N(CCC(F)(F)F)C1C(=O)Nc2ccccc2-c2ccccc21. The molecule has 2 aromatic rings. The molecule has 0 radical (unpaired) electrons. The first-order valence-electron chi connectivity index (χ1n) is 10.4. The van der Waals surface area contributed by atoms with E-state index in [0.717, 1.165) is 0 Å². The number of amides is 3. The van der Waals surface area contributed by atoms with Crippen LogP contribution in [0.3, 0.4) is 0 Å². The lowest BCUT2D eigenvalue weighted by Crippen LogP contribution is -2.59. The second-order valence-electron chi connectivity index (χ2n) is 7.86. The number of nitrogens with two attached hydrogens (primary N) is 1. The zero-order valence-electron chi connectivity index (χ0n) is 17.9. The van der Waals surface area contributed by atoms with Crippen molar-refractivity contribution in [2.45, 2.75) is 44.0 Å². The van der Waals surface area contributed by atoms with Gasteiger partial charge in [0.1, 0.15) is 6.04 Å². The summed E-state index contributed by atoms with van der Waals surface area (Å²) in [5.41, 5.74) is 4.34. The lowest BCUT2D eigenvalue weighted by atomic mass is 9.91. The number of nitrogens with one attached hydrogen (secondary N) is 1. The minimum Gasteiger partial charge on any atom is -0.372 e. The number of halogens is 3. The van der Waals surface area contributed by atoms with Gasteiger partial charge in [-0.3, -0.25) is 14.4 Å². The lowest BCUT2D eigenvalue weighted by Gasteiger charge is -2.36. The van der Waals surface area contributed by atoms with E-state index in [1.807, 2.05) is 0 Å². The van der Waals surface area contributed by atoms with E-state index in [1.54, 1.807) is 49.4 Å². The molecule has 0 saturated heterocycles. The summed E-state index contributed by atoms with van der Waals surface area (Å²) >= 11 is 0. The Balaban J connectivity index is 2.18. The Bertz CT molecular complexity index is 1070. The van der Waals surface area contributed by atoms with Crippen LogP contribution in [0.2, 0.25) is 0 Å². The van der Waals surface area contributed by atoms with Crippen molar-refractivity contribution in [3.05, 3.63) is 54.1 Å². The third kappa shape index (κ3) is 4.85. The van der Waals surface area contributed by atoms with Gasteiger partial charge in [-0.25, -0.2) is 0 Å². The van der Waals surface area contributed by atoms with Crippen LogP contribution in [0.4, 0.5) is 18.9 Å². The molecule has 0 bridgehead atoms. The molecule has 33 heavy (non-hydrogen) atoms. The number of carbonyl (C=O) groups excluding carboxylic acids is 3. The summed E-state index contributed by atoms with van der Waals surface area (Å²) in [6.07, 6.45) is -6.35. The molecule has 0 aliphatic carbocycles. The number of benzene rings is 2. The van der Waals surface area contributed by atoms with Crippen LogP contribution in [0.5, 0.6) is 0 Å². The molecule has 3 amide bonds. The summed E-state index contributed by atoms with van der Waals surface area (Å²) in [5, 5.41) is 13.4. The van der Waals surface area contributed by atoms with Crippen molar-refractivity contribution in [2.24, 2.45) is 5.73 Å². The minimum absolute atomic E-state index is 0.150. The van der Waals surface area contributed by atoms with Crippen LogP contribution in [0, 0.1) is 0 Å². The van der Waals surface area contributed by atoms with Gasteiger partial charge < -0.3 is 21.1 Å². The van der Waals surface area contributed by atoms with E-state index in [-0.39, 0.29) is 12.0 Å². The topological polar surface area (TPSA) is 113 Å². The molecule has 1 aliphatic rings. The lowest BCUT2D eigenvalue weighted by molar-refractivity contribution is -0.168. The molecule has 0 aromatic heterocycles. The number of primary amides is 1. The Morgan fingerprint density at radius 2 is 1.67 bits per heavy atom. The van der Waals surface area contributed by atoms with Gasteiger partial charge in [0.15, 0.2) is 0 Å². The average molecular weight is 463 g/mol. The fraction of sp³-hybridized carbons (Fsp3) is 0.348. The van der Waals surface area contributed by atoms with Gasteiger partial charge in [0.05, 0.1) is 6.42 Å². The van der Waals surface area contributed by atoms with E-state index in [9.17, 15) is 32.7 Å². The molecule has 10 heteroatoms. The van der Waals surface area contributed by atoms with Crippen LogP contribution in [0.25, 0.3) is 11.1 Å². The van der Waals surface area contributed by atoms with Crippen LogP contribution in [-0.4, -0.2) is 46.1 Å². The Kier molecular flexibility index (Phi) is 6.78. The summed E-state index contributed by atoms with van der Waals surface area (Å²) in [6, 6.07) is 11.7. The van der Waals surface area contributed by atoms with Gasteiger partial charge in [0.25, 0.3) is 17.7 Å². The molecule has 176 valence electrons. The summed E-state index contributed by atoms with van der Waals surface area (Å²) in [7, 11) is 0. The number of nitrogens with zero attached hydrogens (tertiary/aromatic N) is 1. The Hall–Kier alpha value is -3.40. The fourth-order valence-corrected chi connectivity index (χ4v) is 3.99. The number of hydrogen-bond acceptors (Lipinski definition) is 4. The first kappa shape index (κ1) is 24.2. The van der Waals surface area contributed by atoms with E-state index >= 15 is 0 Å². The molecule has 1 heterocycles. The summed E-state index contributed by atoms with van der Waals surface area (Å²) < 4.78 is 39.4. The third-order valence-corrected chi connectivity index (χ3v) is 5.56. The summed E-state index contributed by atoms with van der Waals surface area (Å²) in [4.78, 5) is 39.3. The van der Waals surface area contributed by atoms with Gasteiger partial charge in [0, 0.05) is 17.8 Å². The van der Waals surface area contributed by atoms with Crippen molar-refractivity contribution in [1.82, 2.24) is 4.90 Å². The molecule has 2 unspecified atom stereocenters. The molecule has 3 rings (SSSR count). The van der Waals surface area contributed by atoms with Crippen LogP contribution in [-0.2, 0) is 14.4 Å². The maximum Gasteiger partial charge on any atom is 0.390 e. The molecular weight excluding hydrogens is 439 g/mol. The number of para-hydroxylation sites is 1. The maximum absolute atomic E-state index is 13.4. The van der Waals surface area contributed by atoms with Gasteiger partial charge in [-0.2, -0.15) is 13.2 Å². The molecule has 7 nitrogen and oxygen atoms in total. The largest absolute Gasteiger partial charge is 0.390 e. The molecular formula is C23H24F3N3O4. The number of aliphatic hydroxyl groups is 1. The van der Waals surface area contributed by atoms with E-state index in [4.69, 9.17) is 5.73 Å². The van der Waals surface area contributed by atoms with Crippen LogP contribution in [0.15, 0.2) is 48.5 Å². The van der Waals surface area contributed by atoms with Gasteiger partial charge in [-0.15, -0.1) is 0 Å². The van der Waals surface area contributed by atoms with Gasteiger partial charge in [0.2, 0.25) is 5.60 Å². The minimum atomic E-state index is -4.65. The van der Waals surface area contributed by atoms with Gasteiger partial charge in [-0.05, 0) is 23.6 Å². The average Bonchev–Trinajstić information content (AvgIpc) is 2.87. The van der Waals surface area contributed by atoms with Crippen molar-refractivity contribution in [3.63, 3.8) is 0 Å². The number of rotatable bonds is 7. The quantitative estimate of drug-likeness (QED) is 0.548. The van der Waals surface area contributed by atoms with Crippen molar-refractivity contribution in [2.75, 3.05) is 11.9 Å². The van der Waals surface area contributed by atoms with E-state index in [1.165, 1.54) is 6.07 Å². The normalized spacial score (nSPS) is 17.1. The van der Waals surface area contributed by atoms with E-state index < -0.39 is 54.9 Å². The van der Waals surface area contributed by atoms with Crippen molar-refractivity contribution in [3.8, 4) is 11.1 Å². The zero-order valence-corrected chi connectivity index (χ0v) is 17.9. The summed E-state index contributed by atoms with van der Waals surface area (Å²) in [5.74, 6) is -3.51. The molecule has 1 aliphatic heterocycles. The van der Waals surface area contributed by atoms with Crippen LogP contribution >= 0.6 is 0 Å². The van der Waals surface area contributed by atoms with Crippen molar-refractivity contribution in [1.29, 1.82) is 0 Å². The van der Waals surface area contributed by atoms with E-state index in [0.29, 0.717) is 21.7 Å². The van der Waals surface area contributed by atoms with Gasteiger partial charge >= 0.3 is 6.18 Å². The van der Waals surface area contributed by atoms with E-state index in [2.05, 4.69) is 5.32 Å². The Morgan fingerprint density at radius 3 is 2.27 bits per heavy atom. The molecule has 2 atom stereocenters. The first-order chi connectivity index (χ1) is 15.5. The van der Waals surface area contributed by atoms with Crippen LogP contribution < -0.4 is 11.1 Å². The standard InChI is InChI=1S/C23H24F3N3O4/c1-2-11-22(33,20(27)31)21(32)29(13-12-23(24,25)26)18-16-9-4-3-7-14(16)15-8-5-6-10-17(15)28-19(18)30/h3-10,18,33H,2,11-13H2,1H3,(H2,27,31)(H,28,30). The summed E-state index contributed by atoms with van der Waals surface area (Å²) in [6.45, 7) is 0.621. The highest BCUT2D eigenvalue weighted by atomic mass is 19.4. The maximum atomic E-state index is 13.4. The second kappa shape index (κ2) is 9.22. The number of carbonyl (C=O) groups is 3.